The van der Waals surface area contributed by atoms with Crippen molar-refractivity contribution in [2.24, 2.45) is 0 Å². The molecular weight excluding hydrogens is 296 g/mol. The van der Waals surface area contributed by atoms with Gasteiger partial charge in [0.25, 0.3) is 5.91 Å². The van der Waals surface area contributed by atoms with E-state index in [4.69, 9.17) is 0 Å². The summed E-state index contributed by atoms with van der Waals surface area (Å²) in [7, 11) is 0. The minimum absolute atomic E-state index is 0.240. The summed E-state index contributed by atoms with van der Waals surface area (Å²) < 4.78 is 0. The molecule has 20 heavy (non-hydrogen) atoms. The lowest BCUT2D eigenvalue weighted by Crippen LogP contribution is -2.28. The molecule has 0 aliphatic carbocycles. The fourth-order valence-corrected chi connectivity index (χ4v) is 2.74. The summed E-state index contributed by atoms with van der Waals surface area (Å²) in [5, 5.41) is 11.9. The summed E-state index contributed by atoms with van der Waals surface area (Å²) in [4.78, 5) is 28.3. The van der Waals surface area contributed by atoms with Crippen molar-refractivity contribution in [1.82, 2.24) is 15.6 Å². The summed E-state index contributed by atoms with van der Waals surface area (Å²) in [6.45, 7) is 2.85. The van der Waals surface area contributed by atoms with Gasteiger partial charge in [-0.3, -0.25) is 10.1 Å². The lowest BCUT2D eigenvalue weighted by Gasteiger charge is -2.03. The molecule has 0 aliphatic heterocycles. The van der Waals surface area contributed by atoms with Crippen LogP contribution in [0.25, 0.3) is 0 Å². The van der Waals surface area contributed by atoms with Gasteiger partial charge in [-0.2, -0.15) is 0 Å². The molecule has 3 N–H and O–H groups in total. The average molecular weight is 310 g/mol. The van der Waals surface area contributed by atoms with Crippen molar-refractivity contribution < 1.29 is 9.59 Å². The highest BCUT2D eigenvalue weighted by Crippen LogP contribution is 2.15. The summed E-state index contributed by atoms with van der Waals surface area (Å²) in [6, 6.07) is 3.54. The molecule has 0 aliphatic rings. The molecule has 8 heteroatoms. The van der Waals surface area contributed by atoms with E-state index >= 15 is 0 Å². The van der Waals surface area contributed by atoms with Gasteiger partial charge in [-0.25, -0.2) is 9.78 Å². The first-order valence-corrected chi connectivity index (χ1v) is 7.76. The Morgan fingerprint density at radius 2 is 2.15 bits per heavy atom. The van der Waals surface area contributed by atoms with Gasteiger partial charge < -0.3 is 10.6 Å². The number of carbonyl (C=O) groups is 2. The minimum atomic E-state index is -0.338. The Bertz CT molecular complexity index is 580. The van der Waals surface area contributed by atoms with Crippen LogP contribution in [0.4, 0.5) is 9.93 Å². The molecule has 0 saturated heterocycles. The van der Waals surface area contributed by atoms with E-state index in [-0.39, 0.29) is 11.9 Å². The number of nitrogens with one attached hydrogen (secondary N) is 3. The smallest absolute Gasteiger partial charge is 0.321 e. The Hall–Kier alpha value is -1.93. The second-order valence-electron chi connectivity index (χ2n) is 3.78. The summed E-state index contributed by atoms with van der Waals surface area (Å²) >= 11 is 2.79. The van der Waals surface area contributed by atoms with Gasteiger partial charge in [-0.05, 0) is 18.4 Å². The number of rotatable bonds is 5. The molecule has 2 aromatic rings. The largest absolute Gasteiger partial charge is 0.351 e. The maximum Gasteiger partial charge on any atom is 0.321 e. The molecule has 0 aromatic carbocycles. The van der Waals surface area contributed by atoms with Crippen LogP contribution in [0.1, 0.15) is 22.3 Å². The molecule has 0 spiro atoms. The van der Waals surface area contributed by atoms with Gasteiger partial charge in [0.2, 0.25) is 0 Å². The first-order chi connectivity index (χ1) is 9.69. The third-order valence-electron chi connectivity index (χ3n) is 2.30. The number of aromatic nitrogens is 1. The molecule has 0 unspecified atom stereocenters. The molecule has 3 amide bonds. The molecule has 0 radical (unpaired) electrons. The van der Waals surface area contributed by atoms with Gasteiger partial charge in [0, 0.05) is 16.8 Å². The maximum absolute atomic E-state index is 11.7. The van der Waals surface area contributed by atoms with Crippen LogP contribution >= 0.6 is 22.7 Å². The number of hydrogen-bond donors (Lipinski definition) is 3. The van der Waals surface area contributed by atoms with Crippen molar-refractivity contribution in [2.75, 3.05) is 11.9 Å². The zero-order valence-corrected chi connectivity index (χ0v) is 12.4. The SMILES string of the molecule is CCNC(=O)c1csc(NC(=O)NCc2cccs2)n1. The van der Waals surface area contributed by atoms with Gasteiger partial charge in [-0.15, -0.1) is 22.7 Å². The van der Waals surface area contributed by atoms with Gasteiger partial charge in [0.15, 0.2) is 5.13 Å². The number of carbonyl (C=O) groups excluding carboxylic acids is 2. The van der Waals surface area contributed by atoms with Crippen LogP contribution in [-0.2, 0) is 6.54 Å². The molecule has 0 bridgehead atoms. The Kier molecular flexibility index (Phi) is 5.08. The van der Waals surface area contributed by atoms with Crippen molar-refractivity contribution in [1.29, 1.82) is 0 Å². The lowest BCUT2D eigenvalue weighted by molar-refractivity contribution is 0.0951. The summed E-state index contributed by atoms with van der Waals surface area (Å²) in [5.74, 6) is -0.240. The van der Waals surface area contributed by atoms with Crippen LogP contribution in [-0.4, -0.2) is 23.5 Å². The van der Waals surface area contributed by atoms with Gasteiger partial charge in [0.05, 0.1) is 6.54 Å². The second kappa shape index (κ2) is 7.01. The van der Waals surface area contributed by atoms with Crippen molar-refractivity contribution in [3.8, 4) is 0 Å². The molecule has 0 fully saturated rings. The quantitative estimate of drug-likeness (QED) is 0.792. The highest BCUT2D eigenvalue weighted by atomic mass is 32.1. The molecule has 0 saturated carbocycles. The predicted octanol–water partition coefficient (Wildman–Crippen LogP) is 2.28. The van der Waals surface area contributed by atoms with Crippen LogP contribution in [0.3, 0.4) is 0 Å². The van der Waals surface area contributed by atoms with Crippen LogP contribution in [0.2, 0.25) is 0 Å². The average Bonchev–Trinajstić information content (AvgIpc) is 3.07. The van der Waals surface area contributed by atoms with E-state index in [1.165, 1.54) is 11.3 Å². The third kappa shape index (κ3) is 4.04. The van der Waals surface area contributed by atoms with E-state index in [9.17, 15) is 9.59 Å². The van der Waals surface area contributed by atoms with E-state index in [0.29, 0.717) is 23.9 Å². The predicted molar refractivity (Wildman–Crippen MR) is 80.3 cm³/mol. The van der Waals surface area contributed by atoms with E-state index in [0.717, 1.165) is 4.88 Å². The van der Waals surface area contributed by atoms with E-state index in [2.05, 4.69) is 20.9 Å². The topological polar surface area (TPSA) is 83.1 Å². The number of anilines is 1. The number of urea groups is 1. The molecule has 2 heterocycles. The standard InChI is InChI=1S/C12H14N4O2S2/c1-2-13-10(17)9-7-20-12(15-9)16-11(18)14-6-8-4-3-5-19-8/h3-5,7H,2,6H2,1H3,(H,13,17)(H2,14,15,16,18). The molecular formula is C12H14N4O2S2. The maximum atomic E-state index is 11.7. The van der Waals surface area contributed by atoms with Gasteiger partial charge >= 0.3 is 6.03 Å². The van der Waals surface area contributed by atoms with Crippen molar-refractivity contribution in [3.05, 3.63) is 33.5 Å². The van der Waals surface area contributed by atoms with Crippen LogP contribution in [0.5, 0.6) is 0 Å². The van der Waals surface area contributed by atoms with E-state index in [1.54, 1.807) is 16.7 Å². The van der Waals surface area contributed by atoms with Gasteiger partial charge in [0.1, 0.15) is 5.69 Å². The monoisotopic (exact) mass is 310 g/mol. The van der Waals surface area contributed by atoms with Crippen molar-refractivity contribution >= 4 is 39.7 Å². The first kappa shape index (κ1) is 14.5. The zero-order valence-electron chi connectivity index (χ0n) is 10.8. The molecule has 0 atom stereocenters. The Morgan fingerprint density at radius 3 is 2.85 bits per heavy atom. The Labute approximate surface area is 124 Å². The molecule has 2 rings (SSSR count). The first-order valence-electron chi connectivity index (χ1n) is 6.00. The van der Waals surface area contributed by atoms with Crippen LogP contribution < -0.4 is 16.0 Å². The van der Waals surface area contributed by atoms with Gasteiger partial charge in [-0.1, -0.05) is 6.07 Å². The number of thiophene rings is 1. The number of hydrogen-bond acceptors (Lipinski definition) is 5. The lowest BCUT2D eigenvalue weighted by atomic mass is 10.4. The second-order valence-corrected chi connectivity index (χ2v) is 5.67. The molecule has 2 aromatic heterocycles. The van der Waals surface area contributed by atoms with Crippen LogP contribution in [0.15, 0.2) is 22.9 Å². The van der Waals surface area contributed by atoms with Crippen LogP contribution in [0, 0.1) is 0 Å². The summed E-state index contributed by atoms with van der Waals surface area (Å²) in [6.07, 6.45) is 0. The Balaban J connectivity index is 1.83. The Morgan fingerprint density at radius 1 is 1.30 bits per heavy atom. The zero-order chi connectivity index (χ0) is 14.4. The minimum Gasteiger partial charge on any atom is -0.351 e. The summed E-state index contributed by atoms with van der Waals surface area (Å²) in [5.41, 5.74) is 0.311. The third-order valence-corrected chi connectivity index (χ3v) is 3.93. The normalized spacial score (nSPS) is 10.1. The van der Waals surface area contributed by atoms with Crippen molar-refractivity contribution in [2.45, 2.75) is 13.5 Å². The molecule has 6 nitrogen and oxygen atoms in total. The molecule has 106 valence electrons. The number of nitrogens with zero attached hydrogens (tertiary/aromatic N) is 1. The number of amides is 3. The highest BCUT2D eigenvalue weighted by molar-refractivity contribution is 7.14. The number of thiazole rings is 1. The van der Waals surface area contributed by atoms with E-state index in [1.807, 2.05) is 24.4 Å². The van der Waals surface area contributed by atoms with E-state index < -0.39 is 0 Å². The fourth-order valence-electron chi connectivity index (χ4n) is 1.41. The highest BCUT2D eigenvalue weighted by Gasteiger charge is 2.11. The van der Waals surface area contributed by atoms with Crippen molar-refractivity contribution in [3.63, 3.8) is 0 Å². The fraction of sp³-hybridized carbons (Fsp3) is 0.250.